The fourth-order valence-electron chi connectivity index (χ4n) is 1.87. The Kier molecular flexibility index (Phi) is 3.21. The summed E-state index contributed by atoms with van der Waals surface area (Å²) in [5, 5.41) is 9.69. The van der Waals surface area contributed by atoms with Crippen molar-refractivity contribution in [2.75, 3.05) is 5.73 Å². The first kappa shape index (κ1) is 10.4. The summed E-state index contributed by atoms with van der Waals surface area (Å²) < 4.78 is 0. The summed E-state index contributed by atoms with van der Waals surface area (Å²) in [6.45, 7) is 0. The first-order valence-electron chi connectivity index (χ1n) is 5.64. The minimum Gasteiger partial charge on any atom is -0.398 e. The van der Waals surface area contributed by atoms with E-state index in [2.05, 4.69) is 4.98 Å². The number of hydrogen-bond donors (Lipinski definition) is 2. The molecule has 1 fully saturated rings. The van der Waals surface area contributed by atoms with Crippen LogP contribution in [0.4, 0.5) is 5.69 Å². The minimum absolute atomic E-state index is 0.0945. The molecule has 0 saturated heterocycles. The van der Waals surface area contributed by atoms with Gasteiger partial charge in [0.15, 0.2) is 0 Å². The lowest BCUT2D eigenvalue weighted by atomic mass is 10.0. The van der Waals surface area contributed by atoms with Crippen LogP contribution in [-0.4, -0.2) is 16.2 Å². The van der Waals surface area contributed by atoms with Crippen LogP contribution < -0.4 is 5.73 Å². The average molecular weight is 206 g/mol. The molecule has 1 unspecified atom stereocenters. The number of rotatable bonds is 5. The third kappa shape index (κ3) is 2.93. The molecule has 15 heavy (non-hydrogen) atoms. The van der Waals surface area contributed by atoms with Crippen LogP contribution >= 0.6 is 0 Å². The quantitative estimate of drug-likeness (QED) is 0.771. The van der Waals surface area contributed by atoms with Gasteiger partial charge in [0.25, 0.3) is 0 Å². The van der Waals surface area contributed by atoms with Crippen LogP contribution in [0.2, 0.25) is 0 Å². The summed E-state index contributed by atoms with van der Waals surface area (Å²) in [6.07, 6.45) is 8.64. The fraction of sp³-hybridized carbons (Fsp3) is 0.583. The molecule has 1 atom stereocenters. The van der Waals surface area contributed by atoms with E-state index in [1.165, 1.54) is 12.8 Å². The van der Waals surface area contributed by atoms with Crippen molar-refractivity contribution in [1.29, 1.82) is 0 Å². The van der Waals surface area contributed by atoms with Gasteiger partial charge < -0.3 is 10.8 Å². The largest absolute Gasteiger partial charge is 0.398 e. The van der Waals surface area contributed by atoms with Gasteiger partial charge >= 0.3 is 0 Å². The molecule has 1 saturated carbocycles. The lowest BCUT2D eigenvalue weighted by Gasteiger charge is -2.09. The van der Waals surface area contributed by atoms with Gasteiger partial charge in [0.05, 0.1) is 6.10 Å². The van der Waals surface area contributed by atoms with Crippen molar-refractivity contribution in [3.63, 3.8) is 0 Å². The second-order valence-corrected chi connectivity index (χ2v) is 4.37. The summed E-state index contributed by atoms with van der Waals surface area (Å²) in [5.74, 6) is 0.580. The highest BCUT2D eigenvalue weighted by atomic mass is 16.3. The number of aliphatic hydroxyl groups excluding tert-OH is 1. The van der Waals surface area contributed by atoms with Gasteiger partial charge in [-0.1, -0.05) is 0 Å². The number of aromatic nitrogens is 1. The summed E-state index contributed by atoms with van der Waals surface area (Å²) in [7, 11) is 0. The van der Waals surface area contributed by atoms with Crippen molar-refractivity contribution in [2.24, 2.45) is 5.92 Å². The van der Waals surface area contributed by atoms with Crippen LogP contribution in [0.15, 0.2) is 18.5 Å². The molecule has 0 aromatic carbocycles. The maximum absolute atomic E-state index is 9.69. The SMILES string of the molecule is Nc1ccncc1CCCC(O)C1CC1. The van der Waals surface area contributed by atoms with Crippen LogP contribution in [0.3, 0.4) is 0 Å². The van der Waals surface area contributed by atoms with E-state index in [0.717, 1.165) is 30.5 Å². The van der Waals surface area contributed by atoms with Gasteiger partial charge in [-0.3, -0.25) is 4.98 Å². The van der Waals surface area contributed by atoms with Gasteiger partial charge in [0.1, 0.15) is 0 Å². The minimum atomic E-state index is -0.0945. The lowest BCUT2D eigenvalue weighted by Crippen LogP contribution is -2.09. The van der Waals surface area contributed by atoms with Gasteiger partial charge in [0, 0.05) is 18.1 Å². The van der Waals surface area contributed by atoms with Crippen molar-refractivity contribution < 1.29 is 5.11 Å². The van der Waals surface area contributed by atoms with Crippen molar-refractivity contribution in [3.8, 4) is 0 Å². The lowest BCUT2D eigenvalue weighted by molar-refractivity contribution is 0.139. The second-order valence-electron chi connectivity index (χ2n) is 4.37. The molecule has 0 aliphatic heterocycles. The van der Waals surface area contributed by atoms with Crippen molar-refractivity contribution in [1.82, 2.24) is 4.98 Å². The molecular formula is C12H18N2O. The molecule has 3 N–H and O–H groups in total. The monoisotopic (exact) mass is 206 g/mol. The Bertz CT molecular complexity index is 323. The van der Waals surface area contributed by atoms with E-state index in [1.54, 1.807) is 6.20 Å². The van der Waals surface area contributed by atoms with Gasteiger partial charge in [0.2, 0.25) is 0 Å². The molecular weight excluding hydrogens is 188 g/mol. The van der Waals surface area contributed by atoms with Gasteiger partial charge in [-0.05, 0) is 49.7 Å². The Morgan fingerprint density at radius 3 is 3.00 bits per heavy atom. The molecule has 0 radical (unpaired) electrons. The van der Waals surface area contributed by atoms with E-state index in [0.29, 0.717) is 5.92 Å². The highest BCUT2D eigenvalue weighted by molar-refractivity contribution is 5.44. The van der Waals surface area contributed by atoms with Crippen LogP contribution in [0.25, 0.3) is 0 Å². The number of aliphatic hydroxyl groups is 1. The average Bonchev–Trinajstić information content (AvgIpc) is 3.04. The molecule has 0 amide bonds. The molecule has 2 rings (SSSR count). The first-order chi connectivity index (χ1) is 7.27. The van der Waals surface area contributed by atoms with Crippen LogP contribution in [0.5, 0.6) is 0 Å². The molecule has 1 aromatic rings. The Labute approximate surface area is 90.3 Å². The molecule has 82 valence electrons. The van der Waals surface area contributed by atoms with E-state index < -0.39 is 0 Å². The van der Waals surface area contributed by atoms with E-state index >= 15 is 0 Å². The zero-order valence-corrected chi connectivity index (χ0v) is 8.89. The van der Waals surface area contributed by atoms with Crippen LogP contribution in [-0.2, 0) is 6.42 Å². The smallest absolute Gasteiger partial charge is 0.0568 e. The normalized spacial score (nSPS) is 17.7. The Morgan fingerprint density at radius 2 is 2.33 bits per heavy atom. The zero-order valence-electron chi connectivity index (χ0n) is 8.89. The van der Waals surface area contributed by atoms with Crippen molar-refractivity contribution >= 4 is 5.69 Å². The molecule has 1 aliphatic carbocycles. The van der Waals surface area contributed by atoms with Gasteiger partial charge in [-0.15, -0.1) is 0 Å². The highest BCUT2D eigenvalue weighted by Crippen LogP contribution is 2.34. The van der Waals surface area contributed by atoms with E-state index in [-0.39, 0.29) is 6.10 Å². The number of aryl methyl sites for hydroxylation is 1. The predicted octanol–water partition coefficient (Wildman–Crippen LogP) is 1.76. The molecule has 1 aliphatic rings. The Morgan fingerprint density at radius 1 is 1.53 bits per heavy atom. The highest BCUT2D eigenvalue weighted by Gasteiger charge is 2.28. The fourth-order valence-corrected chi connectivity index (χ4v) is 1.87. The van der Waals surface area contributed by atoms with Crippen LogP contribution in [0, 0.1) is 5.92 Å². The number of hydrogen-bond acceptors (Lipinski definition) is 3. The Hall–Kier alpha value is -1.09. The molecule has 0 bridgehead atoms. The second kappa shape index (κ2) is 4.62. The first-order valence-corrected chi connectivity index (χ1v) is 5.64. The Balaban J connectivity index is 1.75. The number of nitrogens with two attached hydrogens (primary N) is 1. The predicted molar refractivity (Wildman–Crippen MR) is 60.3 cm³/mol. The van der Waals surface area contributed by atoms with Crippen molar-refractivity contribution in [2.45, 2.75) is 38.2 Å². The maximum Gasteiger partial charge on any atom is 0.0568 e. The van der Waals surface area contributed by atoms with Gasteiger partial charge in [-0.2, -0.15) is 0 Å². The standard InChI is InChI=1S/C12H18N2O/c13-11-6-7-14-8-10(11)2-1-3-12(15)9-4-5-9/h6-9,12,15H,1-5H2,(H2,13,14). The topological polar surface area (TPSA) is 59.1 Å². The summed E-state index contributed by atoms with van der Waals surface area (Å²) in [6, 6.07) is 1.83. The molecule has 3 nitrogen and oxygen atoms in total. The number of nitrogens with zero attached hydrogens (tertiary/aromatic N) is 1. The third-order valence-corrected chi connectivity index (χ3v) is 3.05. The third-order valence-electron chi connectivity index (χ3n) is 3.05. The molecule has 0 spiro atoms. The number of anilines is 1. The molecule has 1 heterocycles. The number of pyridine rings is 1. The number of nitrogen functional groups attached to an aromatic ring is 1. The van der Waals surface area contributed by atoms with Crippen molar-refractivity contribution in [3.05, 3.63) is 24.0 Å². The molecule has 3 heteroatoms. The van der Waals surface area contributed by atoms with E-state index in [9.17, 15) is 5.11 Å². The summed E-state index contributed by atoms with van der Waals surface area (Å²) in [5.41, 5.74) is 7.72. The maximum atomic E-state index is 9.69. The zero-order chi connectivity index (χ0) is 10.7. The van der Waals surface area contributed by atoms with E-state index in [1.807, 2.05) is 12.3 Å². The van der Waals surface area contributed by atoms with Gasteiger partial charge in [-0.25, -0.2) is 0 Å². The van der Waals surface area contributed by atoms with Crippen LogP contribution in [0.1, 0.15) is 31.2 Å². The summed E-state index contributed by atoms with van der Waals surface area (Å²) in [4.78, 5) is 4.05. The summed E-state index contributed by atoms with van der Waals surface area (Å²) >= 11 is 0. The molecule has 1 aromatic heterocycles. The van der Waals surface area contributed by atoms with E-state index in [4.69, 9.17) is 5.73 Å².